The second-order valence-corrected chi connectivity index (χ2v) is 5.10. The van der Waals surface area contributed by atoms with Crippen LogP contribution in [-0.2, 0) is 9.53 Å². The summed E-state index contributed by atoms with van der Waals surface area (Å²) in [6, 6.07) is 0. The van der Waals surface area contributed by atoms with Crippen LogP contribution in [0.3, 0.4) is 0 Å². The molecule has 0 aromatic rings. The second kappa shape index (κ2) is 4.70. The van der Waals surface area contributed by atoms with Gasteiger partial charge in [0.15, 0.2) is 0 Å². The molecular formula is C10H16O2S. The van der Waals surface area contributed by atoms with Gasteiger partial charge in [-0.25, -0.2) is 4.79 Å². The highest BCUT2D eigenvalue weighted by Gasteiger charge is 2.26. The van der Waals surface area contributed by atoms with E-state index in [0.717, 1.165) is 5.92 Å². The fourth-order valence-corrected chi connectivity index (χ4v) is 2.92. The van der Waals surface area contributed by atoms with Gasteiger partial charge in [-0.15, -0.1) is 0 Å². The van der Waals surface area contributed by atoms with E-state index >= 15 is 0 Å². The van der Waals surface area contributed by atoms with Crippen molar-refractivity contribution in [3.05, 3.63) is 12.2 Å². The van der Waals surface area contributed by atoms with Gasteiger partial charge in [0.1, 0.15) is 0 Å². The van der Waals surface area contributed by atoms with Crippen molar-refractivity contribution in [1.29, 1.82) is 0 Å². The van der Waals surface area contributed by atoms with Crippen molar-refractivity contribution in [1.82, 2.24) is 0 Å². The largest absolute Gasteiger partial charge is 0.466 e. The Morgan fingerprint density at radius 2 is 2.23 bits per heavy atom. The number of esters is 1. The van der Waals surface area contributed by atoms with Crippen LogP contribution >= 0.6 is 11.8 Å². The van der Waals surface area contributed by atoms with Crippen molar-refractivity contribution in [3.63, 3.8) is 0 Å². The molecule has 0 spiro atoms. The number of carbonyl (C=O) groups excluding carboxylic acids is 1. The molecule has 2 nitrogen and oxygen atoms in total. The lowest BCUT2D eigenvalue weighted by Crippen LogP contribution is -2.00. The van der Waals surface area contributed by atoms with Crippen molar-refractivity contribution in [2.45, 2.75) is 30.8 Å². The highest BCUT2D eigenvalue weighted by molar-refractivity contribution is 8.00. The SMILES string of the molecule is COC(=O)/C=C/C1CC(C)C(C)S1. The molecule has 0 aromatic carbocycles. The van der Waals surface area contributed by atoms with Gasteiger partial charge in [-0.2, -0.15) is 11.8 Å². The average Bonchev–Trinajstić information content (AvgIpc) is 2.42. The van der Waals surface area contributed by atoms with Gasteiger partial charge >= 0.3 is 5.97 Å². The van der Waals surface area contributed by atoms with Gasteiger partial charge in [0, 0.05) is 16.6 Å². The molecule has 1 saturated heterocycles. The molecule has 74 valence electrons. The molecular weight excluding hydrogens is 184 g/mol. The highest BCUT2D eigenvalue weighted by atomic mass is 32.2. The van der Waals surface area contributed by atoms with E-state index in [0.29, 0.717) is 10.5 Å². The highest BCUT2D eigenvalue weighted by Crippen LogP contribution is 2.38. The Morgan fingerprint density at radius 3 is 2.69 bits per heavy atom. The van der Waals surface area contributed by atoms with Crippen molar-refractivity contribution < 1.29 is 9.53 Å². The molecule has 1 aliphatic heterocycles. The lowest BCUT2D eigenvalue weighted by molar-refractivity contribution is -0.134. The molecule has 13 heavy (non-hydrogen) atoms. The molecule has 0 saturated carbocycles. The van der Waals surface area contributed by atoms with E-state index in [2.05, 4.69) is 18.6 Å². The molecule has 0 aliphatic carbocycles. The fraction of sp³-hybridized carbons (Fsp3) is 0.700. The Hall–Kier alpha value is -0.440. The van der Waals surface area contributed by atoms with E-state index in [-0.39, 0.29) is 5.97 Å². The quantitative estimate of drug-likeness (QED) is 0.505. The zero-order valence-electron chi connectivity index (χ0n) is 8.32. The molecule has 0 amide bonds. The lowest BCUT2D eigenvalue weighted by Gasteiger charge is -2.04. The van der Waals surface area contributed by atoms with E-state index in [1.807, 2.05) is 17.8 Å². The molecule has 3 atom stereocenters. The summed E-state index contributed by atoms with van der Waals surface area (Å²) < 4.78 is 4.53. The van der Waals surface area contributed by atoms with Gasteiger partial charge in [0.2, 0.25) is 0 Å². The summed E-state index contributed by atoms with van der Waals surface area (Å²) in [6.07, 6.45) is 4.65. The van der Waals surface area contributed by atoms with Crippen molar-refractivity contribution in [2.75, 3.05) is 7.11 Å². The van der Waals surface area contributed by atoms with E-state index in [9.17, 15) is 4.79 Å². The molecule has 1 rings (SSSR count). The lowest BCUT2D eigenvalue weighted by atomic mass is 10.0. The number of thioether (sulfide) groups is 1. The first-order valence-electron chi connectivity index (χ1n) is 4.55. The Bertz CT molecular complexity index is 203. The summed E-state index contributed by atoms with van der Waals surface area (Å²) in [5, 5.41) is 1.19. The smallest absolute Gasteiger partial charge is 0.330 e. The maximum atomic E-state index is 10.8. The maximum Gasteiger partial charge on any atom is 0.330 e. The molecule has 1 fully saturated rings. The summed E-state index contributed by atoms with van der Waals surface area (Å²) in [6.45, 7) is 4.49. The van der Waals surface area contributed by atoms with Crippen LogP contribution in [0.5, 0.6) is 0 Å². The van der Waals surface area contributed by atoms with Gasteiger partial charge in [-0.1, -0.05) is 19.9 Å². The summed E-state index contributed by atoms with van der Waals surface area (Å²) in [4.78, 5) is 10.8. The summed E-state index contributed by atoms with van der Waals surface area (Å²) >= 11 is 1.93. The zero-order chi connectivity index (χ0) is 9.84. The molecule has 0 bridgehead atoms. The molecule has 3 unspecified atom stereocenters. The second-order valence-electron chi connectivity index (χ2n) is 3.47. The van der Waals surface area contributed by atoms with Crippen LogP contribution in [0.25, 0.3) is 0 Å². The summed E-state index contributed by atoms with van der Waals surface area (Å²) in [5.41, 5.74) is 0. The van der Waals surface area contributed by atoms with E-state index in [4.69, 9.17) is 0 Å². The van der Waals surface area contributed by atoms with Crippen molar-refractivity contribution in [2.24, 2.45) is 5.92 Å². The monoisotopic (exact) mass is 200 g/mol. The zero-order valence-corrected chi connectivity index (χ0v) is 9.14. The van der Waals surface area contributed by atoms with Crippen LogP contribution in [0.2, 0.25) is 0 Å². The number of hydrogen-bond acceptors (Lipinski definition) is 3. The number of carbonyl (C=O) groups is 1. The van der Waals surface area contributed by atoms with Crippen LogP contribution in [0.1, 0.15) is 20.3 Å². The Morgan fingerprint density at radius 1 is 1.54 bits per heavy atom. The fourth-order valence-electron chi connectivity index (χ4n) is 1.40. The molecule has 0 N–H and O–H groups in total. The van der Waals surface area contributed by atoms with Crippen LogP contribution in [-0.4, -0.2) is 23.6 Å². The van der Waals surface area contributed by atoms with Gasteiger partial charge in [0.25, 0.3) is 0 Å². The van der Waals surface area contributed by atoms with Crippen LogP contribution < -0.4 is 0 Å². The predicted octanol–water partition coefficient (Wildman–Crippen LogP) is 2.25. The number of methoxy groups -OCH3 is 1. The molecule has 0 radical (unpaired) electrons. The normalized spacial score (nSPS) is 33.9. The van der Waals surface area contributed by atoms with Gasteiger partial charge in [-0.05, 0) is 12.3 Å². The Labute approximate surface area is 83.7 Å². The molecule has 0 aromatic heterocycles. The Balaban J connectivity index is 2.39. The van der Waals surface area contributed by atoms with Crippen LogP contribution in [0.4, 0.5) is 0 Å². The molecule has 1 heterocycles. The minimum Gasteiger partial charge on any atom is -0.466 e. The number of hydrogen-bond donors (Lipinski definition) is 0. The van der Waals surface area contributed by atoms with E-state index in [1.54, 1.807) is 0 Å². The first-order valence-corrected chi connectivity index (χ1v) is 5.49. The minimum absolute atomic E-state index is 0.257. The maximum absolute atomic E-state index is 10.8. The summed E-state index contributed by atoms with van der Waals surface area (Å²) in [5.74, 6) is 0.491. The van der Waals surface area contributed by atoms with Gasteiger partial charge in [0.05, 0.1) is 7.11 Å². The van der Waals surface area contributed by atoms with Crippen molar-refractivity contribution >= 4 is 17.7 Å². The third-order valence-electron chi connectivity index (χ3n) is 2.44. The average molecular weight is 200 g/mol. The van der Waals surface area contributed by atoms with Gasteiger partial charge < -0.3 is 4.74 Å². The first kappa shape index (κ1) is 10.6. The van der Waals surface area contributed by atoms with Crippen LogP contribution in [0.15, 0.2) is 12.2 Å². The van der Waals surface area contributed by atoms with E-state index in [1.165, 1.54) is 19.6 Å². The van der Waals surface area contributed by atoms with Crippen LogP contribution in [0, 0.1) is 5.92 Å². The standard InChI is InChI=1S/C10H16O2S/c1-7-6-9(13-8(7)2)4-5-10(11)12-3/h4-5,7-9H,6H2,1-3H3/b5-4+. The third-order valence-corrected chi connectivity index (χ3v) is 4.04. The van der Waals surface area contributed by atoms with Crippen molar-refractivity contribution in [3.8, 4) is 0 Å². The van der Waals surface area contributed by atoms with Gasteiger partial charge in [-0.3, -0.25) is 0 Å². The minimum atomic E-state index is -0.257. The Kier molecular flexibility index (Phi) is 3.85. The van der Waals surface area contributed by atoms with E-state index < -0.39 is 0 Å². The first-order chi connectivity index (χ1) is 6.13. The number of ether oxygens (including phenoxy) is 1. The predicted molar refractivity (Wildman–Crippen MR) is 55.8 cm³/mol. The summed E-state index contributed by atoms with van der Waals surface area (Å²) in [7, 11) is 1.40. The third kappa shape index (κ3) is 3.07. The number of rotatable bonds is 2. The molecule has 1 aliphatic rings. The topological polar surface area (TPSA) is 26.3 Å². The molecule has 3 heteroatoms.